The molecule has 2 aromatic heterocycles. The molecule has 2 aliphatic heterocycles. The maximum absolute atomic E-state index is 13.6. The Morgan fingerprint density at radius 3 is 2.50 bits per heavy atom. The minimum Gasteiger partial charge on any atom is -0.338 e. The number of carbonyl (C=O) groups is 1. The van der Waals surface area contributed by atoms with Crippen LogP contribution in [0.3, 0.4) is 0 Å². The summed E-state index contributed by atoms with van der Waals surface area (Å²) in [5, 5.41) is 8.84. The molecule has 0 unspecified atom stereocenters. The molecule has 0 aliphatic carbocycles. The highest BCUT2D eigenvalue weighted by molar-refractivity contribution is 5.94. The Hall–Kier alpha value is -3.85. The van der Waals surface area contributed by atoms with Crippen molar-refractivity contribution in [2.24, 2.45) is 11.8 Å². The predicted octanol–water partition coefficient (Wildman–Crippen LogP) is 2.55. The highest BCUT2D eigenvalue weighted by Gasteiger charge is 2.40. The molecule has 0 radical (unpaired) electrons. The third kappa shape index (κ3) is 3.58. The van der Waals surface area contributed by atoms with Crippen molar-refractivity contribution in [2.75, 3.05) is 33.2 Å². The number of pyridine rings is 1. The van der Waals surface area contributed by atoms with Crippen molar-refractivity contribution in [2.45, 2.75) is 0 Å². The molecule has 4 heterocycles. The van der Waals surface area contributed by atoms with Gasteiger partial charge in [-0.1, -0.05) is 5.21 Å². The molecular weight excluding hydrogens is 435 g/mol. The number of benzene rings is 2. The van der Waals surface area contributed by atoms with Gasteiger partial charge in [0.25, 0.3) is 11.5 Å². The minimum atomic E-state index is -0.381. The van der Waals surface area contributed by atoms with Crippen molar-refractivity contribution in [1.29, 1.82) is 0 Å². The van der Waals surface area contributed by atoms with E-state index in [9.17, 15) is 14.0 Å². The lowest BCUT2D eigenvalue weighted by Gasteiger charge is -2.19. The fraction of sp³-hybridized carbons (Fsp3) is 0.280. The van der Waals surface area contributed by atoms with Gasteiger partial charge in [0, 0.05) is 42.6 Å². The Kier molecular flexibility index (Phi) is 4.80. The number of amides is 1. The van der Waals surface area contributed by atoms with Gasteiger partial charge in [-0.3, -0.25) is 9.59 Å². The highest BCUT2D eigenvalue weighted by Crippen LogP contribution is 2.31. The number of nitrogens with one attached hydrogen (secondary N) is 1. The van der Waals surface area contributed by atoms with Gasteiger partial charge in [0.05, 0.1) is 17.4 Å². The molecule has 2 atom stereocenters. The summed E-state index contributed by atoms with van der Waals surface area (Å²) in [5.41, 5.74) is 2.27. The zero-order valence-corrected chi connectivity index (χ0v) is 18.6. The summed E-state index contributed by atoms with van der Waals surface area (Å²) in [7, 11) is 2.13. The molecule has 34 heavy (non-hydrogen) atoms. The molecular formula is C25H23FN6O2. The number of hydrogen-bond donors (Lipinski definition) is 1. The molecule has 6 rings (SSSR count). The summed E-state index contributed by atoms with van der Waals surface area (Å²) in [6, 6.07) is 13.0. The number of hydrogen-bond acceptors (Lipinski definition) is 5. The van der Waals surface area contributed by atoms with E-state index in [2.05, 4.69) is 27.2 Å². The lowest BCUT2D eigenvalue weighted by atomic mass is 10.0. The van der Waals surface area contributed by atoms with E-state index in [0.717, 1.165) is 31.9 Å². The minimum absolute atomic E-state index is 0.0535. The van der Waals surface area contributed by atoms with E-state index < -0.39 is 0 Å². The van der Waals surface area contributed by atoms with Gasteiger partial charge < -0.3 is 14.8 Å². The van der Waals surface area contributed by atoms with Crippen molar-refractivity contribution in [3.8, 4) is 16.9 Å². The maximum Gasteiger partial charge on any atom is 0.258 e. The molecule has 0 spiro atoms. The van der Waals surface area contributed by atoms with Crippen LogP contribution in [0.25, 0.3) is 27.8 Å². The monoisotopic (exact) mass is 458 g/mol. The van der Waals surface area contributed by atoms with Crippen LogP contribution in [0.1, 0.15) is 10.4 Å². The number of halogens is 1. The normalized spacial score (nSPS) is 20.2. The number of H-pyrrole nitrogens is 1. The molecule has 2 aliphatic rings. The van der Waals surface area contributed by atoms with E-state index in [0.29, 0.717) is 39.6 Å². The molecule has 172 valence electrons. The van der Waals surface area contributed by atoms with Gasteiger partial charge in [0.1, 0.15) is 11.5 Å². The van der Waals surface area contributed by atoms with Gasteiger partial charge in [0.15, 0.2) is 0 Å². The van der Waals surface area contributed by atoms with Crippen LogP contribution in [0.5, 0.6) is 0 Å². The first-order valence-corrected chi connectivity index (χ1v) is 11.3. The number of aromatic amines is 1. The lowest BCUT2D eigenvalue weighted by Crippen LogP contribution is -2.32. The zero-order chi connectivity index (χ0) is 23.4. The Labute approximate surface area is 194 Å². The first-order chi connectivity index (χ1) is 16.4. The molecule has 0 saturated carbocycles. The van der Waals surface area contributed by atoms with Gasteiger partial charge in [-0.15, -0.1) is 5.10 Å². The van der Waals surface area contributed by atoms with E-state index in [4.69, 9.17) is 0 Å². The lowest BCUT2D eigenvalue weighted by molar-refractivity contribution is 0.0776. The van der Waals surface area contributed by atoms with Gasteiger partial charge in [-0.25, -0.2) is 9.07 Å². The molecule has 0 bridgehead atoms. The van der Waals surface area contributed by atoms with Crippen molar-refractivity contribution in [1.82, 2.24) is 29.8 Å². The van der Waals surface area contributed by atoms with Gasteiger partial charge in [0.2, 0.25) is 0 Å². The summed E-state index contributed by atoms with van der Waals surface area (Å²) in [6.45, 7) is 3.73. The summed E-state index contributed by atoms with van der Waals surface area (Å²) in [4.78, 5) is 32.6. The van der Waals surface area contributed by atoms with E-state index >= 15 is 0 Å². The smallest absolute Gasteiger partial charge is 0.258 e. The van der Waals surface area contributed by atoms with Crippen molar-refractivity contribution >= 4 is 16.8 Å². The van der Waals surface area contributed by atoms with Crippen LogP contribution in [-0.4, -0.2) is 68.9 Å². The van der Waals surface area contributed by atoms with Crippen LogP contribution in [0, 0.1) is 17.7 Å². The number of fused-ring (bicyclic) bond motifs is 2. The van der Waals surface area contributed by atoms with Crippen LogP contribution >= 0.6 is 0 Å². The SMILES string of the molecule is CN1C[C@@H]2CN(C(=O)c3ccc(-n4cc(-c5cc6cc(F)ccc6[nH]c5=O)nn4)cc3)C[C@@H]2C1. The molecule has 9 heteroatoms. The third-order valence-corrected chi connectivity index (χ3v) is 6.91. The number of likely N-dealkylation sites (tertiary alicyclic amines) is 2. The largest absolute Gasteiger partial charge is 0.338 e. The number of carbonyl (C=O) groups excluding carboxylic acids is 1. The summed E-state index contributed by atoms with van der Waals surface area (Å²) in [5.74, 6) is 0.805. The van der Waals surface area contributed by atoms with Gasteiger partial charge in [-0.05, 0) is 67.4 Å². The molecule has 1 N–H and O–H groups in total. The van der Waals surface area contributed by atoms with Crippen molar-refractivity contribution in [3.05, 3.63) is 76.5 Å². The second-order valence-corrected chi connectivity index (χ2v) is 9.29. The molecule has 8 nitrogen and oxygen atoms in total. The van der Waals surface area contributed by atoms with Crippen LogP contribution < -0.4 is 5.56 Å². The Morgan fingerprint density at radius 2 is 1.76 bits per heavy atom. The molecule has 2 aromatic carbocycles. The highest BCUT2D eigenvalue weighted by atomic mass is 19.1. The molecule has 2 saturated heterocycles. The topological polar surface area (TPSA) is 87.1 Å². The van der Waals surface area contributed by atoms with Crippen LogP contribution in [0.4, 0.5) is 4.39 Å². The quantitative estimate of drug-likeness (QED) is 0.510. The van der Waals surface area contributed by atoms with Crippen molar-refractivity contribution < 1.29 is 9.18 Å². The second-order valence-electron chi connectivity index (χ2n) is 9.29. The Bertz CT molecular complexity index is 1450. The third-order valence-electron chi connectivity index (χ3n) is 6.91. The van der Waals surface area contributed by atoms with Crippen LogP contribution in [0.2, 0.25) is 0 Å². The zero-order valence-electron chi connectivity index (χ0n) is 18.6. The maximum atomic E-state index is 13.6. The predicted molar refractivity (Wildman–Crippen MR) is 125 cm³/mol. The summed E-state index contributed by atoms with van der Waals surface area (Å²) >= 11 is 0. The fourth-order valence-electron chi connectivity index (χ4n) is 5.21. The first kappa shape index (κ1) is 20.7. The number of aromatic nitrogens is 4. The van der Waals surface area contributed by atoms with E-state index in [1.165, 1.54) is 18.2 Å². The Morgan fingerprint density at radius 1 is 1.03 bits per heavy atom. The van der Waals surface area contributed by atoms with Gasteiger partial charge >= 0.3 is 0 Å². The average molecular weight is 458 g/mol. The Balaban J connectivity index is 1.22. The van der Waals surface area contributed by atoms with Crippen LogP contribution in [0.15, 0.2) is 59.5 Å². The molecule has 4 aromatic rings. The fourth-order valence-corrected chi connectivity index (χ4v) is 5.21. The number of rotatable bonds is 3. The summed E-state index contributed by atoms with van der Waals surface area (Å²) < 4.78 is 15.2. The van der Waals surface area contributed by atoms with Crippen molar-refractivity contribution in [3.63, 3.8) is 0 Å². The van der Waals surface area contributed by atoms with E-state index in [-0.39, 0.29) is 17.3 Å². The van der Waals surface area contributed by atoms with E-state index in [1.54, 1.807) is 29.1 Å². The van der Waals surface area contributed by atoms with E-state index in [1.807, 2.05) is 17.0 Å². The first-order valence-electron chi connectivity index (χ1n) is 11.3. The summed E-state index contributed by atoms with van der Waals surface area (Å²) in [6.07, 6.45) is 1.64. The van der Waals surface area contributed by atoms with Crippen LogP contribution in [-0.2, 0) is 0 Å². The average Bonchev–Trinajstić information content (AvgIpc) is 3.54. The molecule has 1 amide bonds. The number of nitrogens with zero attached hydrogens (tertiary/aromatic N) is 5. The molecule has 2 fully saturated rings. The standard InChI is InChI=1S/C25H23FN6O2/c1-30-10-17-12-31(13-18(17)11-30)25(34)15-2-5-20(6-3-15)32-14-23(28-29-32)21-9-16-8-19(26)4-7-22(16)27-24(21)33/h2-9,14,17-18H,10-13H2,1H3,(H,27,33)/t17-,18+. The second kappa shape index (κ2) is 7.88. The van der Waals surface area contributed by atoms with Gasteiger partial charge in [-0.2, -0.15) is 0 Å².